The molecule has 8 heteroatoms. The Hall–Kier alpha value is -2.12. The number of halogens is 3. The molecule has 2 rings (SSSR count). The number of carbonyl (C=O) groups excluding carboxylic acids is 2. The number of pyridine rings is 1. The third-order valence-corrected chi connectivity index (χ3v) is 3.21. The van der Waals surface area contributed by atoms with Crippen LogP contribution in [0.2, 0.25) is 0 Å². The number of ether oxygens (including phenoxy) is 1. The van der Waals surface area contributed by atoms with Gasteiger partial charge in [-0.25, -0.2) is 9.78 Å². The van der Waals surface area contributed by atoms with Crippen LogP contribution in [0, 0.1) is 0 Å². The van der Waals surface area contributed by atoms with Gasteiger partial charge >= 0.3 is 12.1 Å². The Morgan fingerprint density at radius 2 is 2.05 bits per heavy atom. The predicted octanol–water partition coefficient (Wildman–Crippen LogP) is 1.88. The van der Waals surface area contributed by atoms with Gasteiger partial charge < -0.3 is 9.64 Å². The molecule has 0 saturated carbocycles. The van der Waals surface area contributed by atoms with E-state index in [2.05, 4.69) is 4.98 Å². The van der Waals surface area contributed by atoms with Crippen LogP contribution in [0.25, 0.3) is 0 Å². The van der Waals surface area contributed by atoms with E-state index in [1.165, 1.54) is 4.90 Å². The Morgan fingerprint density at radius 3 is 2.62 bits per heavy atom. The van der Waals surface area contributed by atoms with E-state index in [0.29, 0.717) is 32.3 Å². The van der Waals surface area contributed by atoms with Crippen LogP contribution in [0.3, 0.4) is 0 Å². The summed E-state index contributed by atoms with van der Waals surface area (Å²) in [5.41, 5.74) is -1.84. The number of carbonyl (C=O) groups is 2. The molecule has 1 amide bonds. The zero-order valence-corrected chi connectivity index (χ0v) is 11.0. The Balaban J connectivity index is 2.06. The maximum Gasteiger partial charge on any atom is 0.418 e. The molecule has 1 aromatic rings. The SMILES string of the molecule is O=CN1CCC(OC(=O)c2ncccc2C(F)(F)F)CC1. The summed E-state index contributed by atoms with van der Waals surface area (Å²) in [7, 11) is 0. The summed E-state index contributed by atoms with van der Waals surface area (Å²) < 4.78 is 43.4. The smallest absolute Gasteiger partial charge is 0.418 e. The van der Waals surface area contributed by atoms with E-state index in [9.17, 15) is 22.8 Å². The van der Waals surface area contributed by atoms with Crippen molar-refractivity contribution >= 4 is 12.4 Å². The highest BCUT2D eigenvalue weighted by molar-refractivity contribution is 5.89. The fraction of sp³-hybridized carbons (Fsp3) is 0.462. The Morgan fingerprint density at radius 1 is 1.38 bits per heavy atom. The first-order valence-corrected chi connectivity index (χ1v) is 6.34. The minimum Gasteiger partial charge on any atom is -0.458 e. The average molecular weight is 302 g/mol. The molecule has 0 atom stereocenters. The number of likely N-dealkylation sites (tertiary alicyclic amines) is 1. The predicted molar refractivity (Wildman–Crippen MR) is 65.3 cm³/mol. The van der Waals surface area contributed by atoms with Gasteiger partial charge in [-0.3, -0.25) is 4.79 Å². The maximum atomic E-state index is 12.8. The molecule has 21 heavy (non-hydrogen) atoms. The number of amides is 1. The molecule has 1 fully saturated rings. The Bertz CT molecular complexity index is 526. The Labute approximate surface area is 118 Å². The first-order chi connectivity index (χ1) is 9.91. The molecular formula is C13H13F3N2O3. The lowest BCUT2D eigenvalue weighted by Gasteiger charge is -2.28. The van der Waals surface area contributed by atoms with Gasteiger partial charge in [0.05, 0.1) is 5.56 Å². The molecule has 0 aliphatic carbocycles. The van der Waals surface area contributed by atoms with Crippen LogP contribution in [0.15, 0.2) is 18.3 Å². The number of aromatic nitrogens is 1. The molecule has 0 spiro atoms. The topological polar surface area (TPSA) is 59.5 Å². The van der Waals surface area contributed by atoms with Gasteiger partial charge in [0.2, 0.25) is 6.41 Å². The van der Waals surface area contributed by atoms with Gasteiger partial charge in [-0.1, -0.05) is 0 Å². The lowest BCUT2D eigenvalue weighted by molar-refractivity contribution is -0.138. The van der Waals surface area contributed by atoms with Crippen LogP contribution in [-0.4, -0.2) is 41.5 Å². The summed E-state index contributed by atoms with van der Waals surface area (Å²) in [4.78, 5) is 27.4. The molecule has 0 bridgehead atoms. The van der Waals surface area contributed by atoms with E-state index < -0.39 is 29.5 Å². The highest BCUT2D eigenvalue weighted by Crippen LogP contribution is 2.31. The van der Waals surface area contributed by atoms with Crippen molar-refractivity contribution in [3.63, 3.8) is 0 Å². The maximum absolute atomic E-state index is 12.8. The van der Waals surface area contributed by atoms with Crippen molar-refractivity contribution in [2.75, 3.05) is 13.1 Å². The fourth-order valence-electron chi connectivity index (χ4n) is 2.10. The average Bonchev–Trinajstić information content (AvgIpc) is 2.47. The normalized spacial score (nSPS) is 16.6. The summed E-state index contributed by atoms with van der Waals surface area (Å²) in [5.74, 6) is -1.09. The lowest BCUT2D eigenvalue weighted by Crippen LogP contribution is -2.37. The zero-order valence-electron chi connectivity index (χ0n) is 11.0. The quantitative estimate of drug-likeness (QED) is 0.632. The molecule has 114 valence electrons. The summed E-state index contributed by atoms with van der Waals surface area (Å²) in [6.45, 7) is 0.825. The van der Waals surface area contributed by atoms with Crippen molar-refractivity contribution in [3.05, 3.63) is 29.6 Å². The second-order valence-electron chi connectivity index (χ2n) is 4.64. The van der Waals surface area contributed by atoms with E-state index in [1.807, 2.05) is 0 Å². The Kier molecular flexibility index (Phi) is 4.44. The second kappa shape index (κ2) is 6.11. The van der Waals surface area contributed by atoms with E-state index in [1.54, 1.807) is 0 Å². The van der Waals surface area contributed by atoms with Crippen LogP contribution in [-0.2, 0) is 15.7 Å². The molecule has 1 aliphatic rings. The molecular weight excluding hydrogens is 289 g/mol. The standard InChI is InChI=1S/C13H13F3N2O3/c14-13(15,16)10-2-1-5-17-11(10)12(20)21-9-3-6-18(8-19)7-4-9/h1-2,5,8-9H,3-4,6-7H2. The second-order valence-corrected chi connectivity index (χ2v) is 4.64. The van der Waals surface area contributed by atoms with Crippen molar-refractivity contribution in [2.45, 2.75) is 25.1 Å². The van der Waals surface area contributed by atoms with Crippen LogP contribution in [0.1, 0.15) is 28.9 Å². The highest BCUT2D eigenvalue weighted by atomic mass is 19.4. The minimum atomic E-state index is -4.66. The number of nitrogens with zero attached hydrogens (tertiary/aromatic N) is 2. The lowest BCUT2D eigenvalue weighted by atomic mass is 10.1. The van der Waals surface area contributed by atoms with Crippen LogP contribution < -0.4 is 0 Å². The third-order valence-electron chi connectivity index (χ3n) is 3.21. The summed E-state index contributed by atoms with van der Waals surface area (Å²) in [5, 5.41) is 0. The van der Waals surface area contributed by atoms with Gasteiger partial charge in [0.1, 0.15) is 6.10 Å². The molecule has 1 aliphatic heterocycles. The number of rotatable bonds is 3. The highest BCUT2D eigenvalue weighted by Gasteiger charge is 2.37. The van der Waals surface area contributed by atoms with Gasteiger partial charge in [0, 0.05) is 32.1 Å². The van der Waals surface area contributed by atoms with Crippen LogP contribution >= 0.6 is 0 Å². The van der Waals surface area contributed by atoms with E-state index >= 15 is 0 Å². The molecule has 1 aromatic heterocycles. The van der Waals surface area contributed by atoms with Gasteiger partial charge in [-0.15, -0.1) is 0 Å². The number of esters is 1. The number of hydrogen-bond acceptors (Lipinski definition) is 4. The van der Waals surface area contributed by atoms with Crippen molar-refractivity contribution < 1.29 is 27.5 Å². The number of hydrogen-bond donors (Lipinski definition) is 0. The fourth-order valence-corrected chi connectivity index (χ4v) is 2.10. The van der Waals surface area contributed by atoms with Gasteiger partial charge in [0.25, 0.3) is 0 Å². The first-order valence-electron chi connectivity index (χ1n) is 6.34. The third kappa shape index (κ3) is 3.71. The van der Waals surface area contributed by atoms with Crippen LogP contribution in [0.5, 0.6) is 0 Å². The molecule has 0 aromatic carbocycles. The van der Waals surface area contributed by atoms with Crippen LogP contribution in [0.4, 0.5) is 13.2 Å². The monoisotopic (exact) mass is 302 g/mol. The number of alkyl halides is 3. The summed E-state index contributed by atoms with van der Waals surface area (Å²) in [6, 6.07) is 1.90. The molecule has 0 unspecified atom stereocenters. The van der Waals surface area contributed by atoms with E-state index in [-0.39, 0.29) is 0 Å². The minimum absolute atomic E-state index is 0.401. The van der Waals surface area contributed by atoms with Gasteiger partial charge in [-0.2, -0.15) is 13.2 Å². The molecule has 0 radical (unpaired) electrons. The summed E-state index contributed by atoms with van der Waals surface area (Å²) >= 11 is 0. The molecule has 5 nitrogen and oxygen atoms in total. The van der Waals surface area contributed by atoms with Crippen molar-refractivity contribution in [2.24, 2.45) is 0 Å². The largest absolute Gasteiger partial charge is 0.458 e. The van der Waals surface area contributed by atoms with E-state index in [0.717, 1.165) is 18.3 Å². The molecule has 0 N–H and O–H groups in total. The zero-order chi connectivity index (χ0) is 15.5. The summed E-state index contributed by atoms with van der Waals surface area (Å²) in [6.07, 6.45) is -2.56. The number of piperidine rings is 1. The van der Waals surface area contributed by atoms with E-state index in [4.69, 9.17) is 4.74 Å². The van der Waals surface area contributed by atoms with Gasteiger partial charge in [0.15, 0.2) is 5.69 Å². The first kappa shape index (κ1) is 15.3. The molecule has 2 heterocycles. The van der Waals surface area contributed by atoms with Crippen molar-refractivity contribution in [1.29, 1.82) is 0 Å². The van der Waals surface area contributed by atoms with Crippen molar-refractivity contribution in [3.8, 4) is 0 Å². The van der Waals surface area contributed by atoms with Gasteiger partial charge in [-0.05, 0) is 12.1 Å². The van der Waals surface area contributed by atoms with Crippen molar-refractivity contribution in [1.82, 2.24) is 9.88 Å². The molecule has 1 saturated heterocycles.